The Labute approximate surface area is 129 Å². The molecule has 120 valence electrons. The molecule has 2 aliphatic rings. The molecule has 1 aromatic rings. The number of hydrogen-bond acceptors (Lipinski definition) is 5. The fourth-order valence-electron chi connectivity index (χ4n) is 2.97. The maximum Gasteiger partial charge on any atom is 0.242 e. The Hall–Kier alpha value is -1.51. The molecular weight excluding hydrogens is 306 g/mol. The Balaban J connectivity index is 1.78. The van der Waals surface area contributed by atoms with E-state index in [1.165, 1.54) is 18.5 Å². The highest BCUT2D eigenvalue weighted by Crippen LogP contribution is 2.23. The van der Waals surface area contributed by atoms with Gasteiger partial charge in [0.2, 0.25) is 15.9 Å². The van der Waals surface area contributed by atoms with Gasteiger partial charge in [-0.25, -0.2) is 13.1 Å². The van der Waals surface area contributed by atoms with Gasteiger partial charge in [0.15, 0.2) is 0 Å². The van der Waals surface area contributed by atoms with Crippen LogP contribution < -0.4 is 10.0 Å². The summed E-state index contributed by atoms with van der Waals surface area (Å²) in [7, 11) is -3.66. The predicted molar refractivity (Wildman–Crippen MR) is 78.5 cm³/mol. The quantitative estimate of drug-likeness (QED) is 0.823. The van der Waals surface area contributed by atoms with Crippen LogP contribution in [0.2, 0.25) is 0 Å². The van der Waals surface area contributed by atoms with E-state index in [9.17, 15) is 13.2 Å². The normalized spacial score (nSPS) is 29.3. The smallest absolute Gasteiger partial charge is 0.242 e. The minimum absolute atomic E-state index is 0.0580. The van der Waals surface area contributed by atoms with E-state index in [1.807, 2.05) is 0 Å². The first-order chi connectivity index (χ1) is 10.6. The minimum Gasteiger partial charge on any atom is -0.376 e. The molecule has 1 aromatic heterocycles. The summed E-state index contributed by atoms with van der Waals surface area (Å²) >= 11 is 0. The molecule has 3 atom stereocenters. The van der Waals surface area contributed by atoms with Gasteiger partial charge in [0.25, 0.3) is 0 Å². The Bertz CT molecular complexity index is 629. The Morgan fingerprint density at radius 2 is 2.23 bits per heavy atom. The summed E-state index contributed by atoms with van der Waals surface area (Å²) in [5, 5.41) is 2.88. The highest BCUT2D eigenvalue weighted by Gasteiger charge is 2.38. The number of aromatic nitrogens is 1. The van der Waals surface area contributed by atoms with Gasteiger partial charge >= 0.3 is 0 Å². The summed E-state index contributed by atoms with van der Waals surface area (Å²) in [5.74, 6) is -0.0580. The maximum absolute atomic E-state index is 12.4. The van der Waals surface area contributed by atoms with E-state index in [1.54, 1.807) is 6.07 Å². The molecule has 3 heterocycles. The van der Waals surface area contributed by atoms with Crippen molar-refractivity contribution in [2.24, 2.45) is 0 Å². The fraction of sp³-hybridized carbons (Fsp3) is 0.571. The van der Waals surface area contributed by atoms with Gasteiger partial charge in [-0.2, -0.15) is 0 Å². The van der Waals surface area contributed by atoms with E-state index in [2.05, 4.69) is 15.0 Å². The summed E-state index contributed by atoms with van der Waals surface area (Å²) in [6.45, 7) is 0.652. The van der Waals surface area contributed by atoms with Crippen LogP contribution in [0.1, 0.15) is 25.7 Å². The van der Waals surface area contributed by atoms with Gasteiger partial charge in [-0.05, 0) is 31.4 Å². The molecule has 0 radical (unpaired) electrons. The van der Waals surface area contributed by atoms with E-state index in [-0.39, 0.29) is 29.0 Å². The third kappa shape index (κ3) is 3.29. The van der Waals surface area contributed by atoms with Crippen LogP contribution in [-0.4, -0.2) is 44.1 Å². The average molecular weight is 325 g/mol. The highest BCUT2D eigenvalue weighted by atomic mass is 32.2. The lowest BCUT2D eigenvalue weighted by atomic mass is 9.93. The molecule has 2 aliphatic heterocycles. The maximum atomic E-state index is 12.4. The number of carbonyl (C=O) groups is 1. The molecule has 2 fully saturated rings. The van der Waals surface area contributed by atoms with Crippen molar-refractivity contribution in [1.82, 2.24) is 15.0 Å². The summed E-state index contributed by atoms with van der Waals surface area (Å²) in [6.07, 6.45) is 5.24. The van der Waals surface area contributed by atoms with Gasteiger partial charge in [-0.3, -0.25) is 9.78 Å². The van der Waals surface area contributed by atoms with Crippen LogP contribution >= 0.6 is 0 Å². The molecule has 1 unspecified atom stereocenters. The zero-order valence-electron chi connectivity index (χ0n) is 12.1. The first-order valence-corrected chi connectivity index (χ1v) is 8.88. The number of rotatable bonds is 4. The predicted octanol–water partition coefficient (Wildman–Crippen LogP) is 0.186. The van der Waals surface area contributed by atoms with E-state index in [4.69, 9.17) is 4.74 Å². The van der Waals surface area contributed by atoms with Crippen molar-refractivity contribution >= 4 is 15.9 Å². The molecular formula is C14H19N3O4S. The highest BCUT2D eigenvalue weighted by molar-refractivity contribution is 7.89. The molecule has 1 amide bonds. The van der Waals surface area contributed by atoms with Crippen LogP contribution in [-0.2, 0) is 19.6 Å². The number of sulfonamides is 1. The second kappa shape index (κ2) is 6.31. The molecule has 7 nitrogen and oxygen atoms in total. The number of carbonyl (C=O) groups excluding carboxylic acids is 1. The van der Waals surface area contributed by atoms with E-state index in [0.717, 1.165) is 12.8 Å². The molecule has 8 heteroatoms. The van der Waals surface area contributed by atoms with Gasteiger partial charge in [0.1, 0.15) is 4.90 Å². The van der Waals surface area contributed by atoms with Crippen LogP contribution in [0.4, 0.5) is 0 Å². The zero-order valence-corrected chi connectivity index (χ0v) is 12.9. The fourth-order valence-corrected chi connectivity index (χ4v) is 4.22. The van der Waals surface area contributed by atoms with Gasteiger partial charge in [0, 0.05) is 31.5 Å². The second-order valence-electron chi connectivity index (χ2n) is 5.60. The number of nitrogens with one attached hydrogen (secondary N) is 2. The van der Waals surface area contributed by atoms with Gasteiger partial charge in [-0.1, -0.05) is 0 Å². The number of ether oxygens (including phenoxy) is 1. The van der Waals surface area contributed by atoms with Crippen molar-refractivity contribution in [3.05, 3.63) is 24.5 Å². The molecule has 0 aliphatic carbocycles. The number of piperidine rings is 1. The Kier molecular flexibility index (Phi) is 4.42. The lowest BCUT2D eigenvalue weighted by Crippen LogP contribution is -2.60. The zero-order chi connectivity index (χ0) is 15.6. The molecule has 3 rings (SSSR count). The first kappa shape index (κ1) is 15.4. The van der Waals surface area contributed by atoms with Crippen molar-refractivity contribution < 1.29 is 17.9 Å². The summed E-state index contributed by atoms with van der Waals surface area (Å²) in [6, 6.07) is 2.38. The SMILES string of the molecule is O=C1CC[C@H](NS(=O)(=O)c2cccnc2)[C@@H](C2CCCO2)N1. The molecule has 0 spiro atoms. The molecule has 22 heavy (non-hydrogen) atoms. The Morgan fingerprint density at radius 3 is 2.91 bits per heavy atom. The van der Waals surface area contributed by atoms with Gasteiger partial charge in [-0.15, -0.1) is 0 Å². The van der Waals surface area contributed by atoms with E-state index >= 15 is 0 Å². The number of pyridine rings is 1. The lowest BCUT2D eigenvalue weighted by Gasteiger charge is -2.35. The average Bonchev–Trinajstić information content (AvgIpc) is 3.04. The number of nitrogens with zero attached hydrogens (tertiary/aromatic N) is 1. The first-order valence-electron chi connectivity index (χ1n) is 7.39. The van der Waals surface area contributed by atoms with E-state index < -0.39 is 10.0 Å². The van der Waals surface area contributed by atoms with Crippen molar-refractivity contribution in [2.75, 3.05) is 6.61 Å². The number of amides is 1. The third-order valence-electron chi connectivity index (χ3n) is 4.06. The van der Waals surface area contributed by atoms with Gasteiger partial charge < -0.3 is 10.1 Å². The van der Waals surface area contributed by atoms with Crippen LogP contribution in [0.3, 0.4) is 0 Å². The summed E-state index contributed by atoms with van der Waals surface area (Å²) in [5.41, 5.74) is 0. The Morgan fingerprint density at radius 1 is 1.36 bits per heavy atom. The van der Waals surface area contributed by atoms with Crippen LogP contribution in [0.25, 0.3) is 0 Å². The van der Waals surface area contributed by atoms with Gasteiger partial charge in [0.05, 0.1) is 12.1 Å². The topological polar surface area (TPSA) is 97.4 Å². The summed E-state index contributed by atoms with van der Waals surface area (Å²) < 4.78 is 33.2. The number of hydrogen-bond donors (Lipinski definition) is 2. The van der Waals surface area contributed by atoms with Crippen molar-refractivity contribution in [2.45, 2.75) is 48.8 Å². The van der Waals surface area contributed by atoms with Crippen molar-refractivity contribution in [3.8, 4) is 0 Å². The largest absolute Gasteiger partial charge is 0.376 e. The molecule has 0 saturated carbocycles. The monoisotopic (exact) mass is 325 g/mol. The van der Waals surface area contributed by atoms with Crippen LogP contribution in [0.5, 0.6) is 0 Å². The second-order valence-corrected chi connectivity index (χ2v) is 7.31. The molecule has 0 aromatic carbocycles. The minimum atomic E-state index is -3.66. The van der Waals surface area contributed by atoms with Crippen molar-refractivity contribution in [1.29, 1.82) is 0 Å². The summed E-state index contributed by atoms with van der Waals surface area (Å²) in [4.78, 5) is 15.6. The lowest BCUT2D eigenvalue weighted by molar-refractivity contribution is -0.125. The molecule has 2 N–H and O–H groups in total. The van der Waals surface area contributed by atoms with E-state index in [0.29, 0.717) is 19.4 Å². The molecule has 0 bridgehead atoms. The third-order valence-corrected chi connectivity index (χ3v) is 5.54. The standard InChI is InChI=1S/C14H19N3O4S/c18-13-6-5-11(14(16-13)12-4-2-8-21-12)17-22(19,20)10-3-1-7-15-9-10/h1,3,7,9,11-12,14,17H,2,4-6,8H2,(H,16,18)/t11-,12?,14-/m0/s1. The molecule has 2 saturated heterocycles. The van der Waals surface area contributed by atoms with Crippen LogP contribution in [0.15, 0.2) is 29.4 Å². The van der Waals surface area contributed by atoms with Crippen molar-refractivity contribution in [3.63, 3.8) is 0 Å². The van der Waals surface area contributed by atoms with Crippen LogP contribution in [0, 0.1) is 0 Å².